The van der Waals surface area contributed by atoms with Gasteiger partial charge in [-0.15, -0.1) is 10.2 Å². The molecule has 0 unspecified atom stereocenters. The highest BCUT2D eigenvalue weighted by atomic mass is 16.1. The molecule has 2 N–H and O–H groups in total. The lowest BCUT2D eigenvalue weighted by Crippen LogP contribution is -2.25. The van der Waals surface area contributed by atoms with E-state index in [0.29, 0.717) is 11.4 Å². The van der Waals surface area contributed by atoms with Crippen LogP contribution in [0.4, 0.5) is 0 Å². The van der Waals surface area contributed by atoms with Crippen molar-refractivity contribution in [2.24, 2.45) is 5.41 Å². The fourth-order valence-corrected chi connectivity index (χ4v) is 1.98. The van der Waals surface area contributed by atoms with E-state index in [1.807, 2.05) is 24.3 Å². The molecule has 1 heterocycles. The van der Waals surface area contributed by atoms with E-state index in [2.05, 4.69) is 46.7 Å². The zero-order valence-electron chi connectivity index (χ0n) is 12.0. The van der Waals surface area contributed by atoms with Gasteiger partial charge in [0.15, 0.2) is 5.82 Å². The van der Waals surface area contributed by atoms with Crippen LogP contribution >= 0.6 is 0 Å². The second kappa shape index (κ2) is 5.81. The van der Waals surface area contributed by atoms with E-state index in [9.17, 15) is 4.79 Å². The number of nitrogens with zero attached hydrogens (tertiary/aromatic N) is 3. The van der Waals surface area contributed by atoms with Gasteiger partial charge in [0.05, 0.1) is 6.54 Å². The number of aromatic nitrogens is 4. The van der Waals surface area contributed by atoms with E-state index in [4.69, 9.17) is 0 Å². The van der Waals surface area contributed by atoms with Crippen LogP contribution in [0.5, 0.6) is 0 Å². The van der Waals surface area contributed by atoms with Gasteiger partial charge in [-0.3, -0.25) is 4.79 Å². The molecule has 6 nitrogen and oxygen atoms in total. The summed E-state index contributed by atoms with van der Waals surface area (Å²) in [5, 5.41) is 16.2. The Kier molecular flexibility index (Phi) is 4.12. The van der Waals surface area contributed by atoms with Gasteiger partial charge in [0.1, 0.15) is 0 Å². The van der Waals surface area contributed by atoms with Crippen molar-refractivity contribution >= 4 is 5.91 Å². The van der Waals surface area contributed by atoms with Crippen molar-refractivity contribution in [2.45, 2.75) is 33.7 Å². The van der Waals surface area contributed by atoms with Crippen LogP contribution < -0.4 is 5.32 Å². The fraction of sp³-hybridized carbons (Fsp3) is 0.429. The zero-order chi connectivity index (χ0) is 14.6. The van der Waals surface area contributed by atoms with E-state index < -0.39 is 0 Å². The molecule has 2 aromatic rings. The Morgan fingerprint density at radius 1 is 1.30 bits per heavy atom. The fourth-order valence-electron chi connectivity index (χ4n) is 1.98. The van der Waals surface area contributed by atoms with E-state index in [1.165, 1.54) is 0 Å². The first-order valence-electron chi connectivity index (χ1n) is 6.54. The number of amides is 1. The third kappa shape index (κ3) is 3.88. The van der Waals surface area contributed by atoms with Crippen LogP contribution in [0.15, 0.2) is 24.3 Å². The highest BCUT2D eigenvalue weighted by molar-refractivity contribution is 5.95. The van der Waals surface area contributed by atoms with Gasteiger partial charge >= 0.3 is 0 Å². The number of tetrazole rings is 1. The Hall–Kier alpha value is -2.24. The summed E-state index contributed by atoms with van der Waals surface area (Å²) >= 11 is 0. The van der Waals surface area contributed by atoms with E-state index in [0.717, 1.165) is 12.0 Å². The maximum Gasteiger partial charge on any atom is 0.251 e. The smallest absolute Gasteiger partial charge is 0.251 e. The molecular formula is C14H19N5O. The molecule has 0 aliphatic heterocycles. The zero-order valence-corrected chi connectivity index (χ0v) is 12.0. The molecule has 1 aromatic carbocycles. The molecule has 0 atom stereocenters. The van der Waals surface area contributed by atoms with Gasteiger partial charge in [-0.1, -0.05) is 44.2 Å². The highest BCUT2D eigenvalue weighted by Crippen LogP contribution is 2.22. The van der Waals surface area contributed by atoms with Crippen molar-refractivity contribution in [3.63, 3.8) is 0 Å². The molecule has 6 heteroatoms. The Morgan fingerprint density at radius 2 is 2.05 bits per heavy atom. The van der Waals surface area contributed by atoms with Crippen molar-refractivity contribution in [1.29, 1.82) is 0 Å². The van der Waals surface area contributed by atoms with Gasteiger partial charge in [-0.05, 0) is 23.5 Å². The van der Waals surface area contributed by atoms with Gasteiger partial charge in [-0.2, -0.15) is 5.21 Å². The summed E-state index contributed by atoms with van der Waals surface area (Å²) in [6.45, 7) is 6.72. The van der Waals surface area contributed by atoms with Gasteiger partial charge in [0.2, 0.25) is 0 Å². The number of H-pyrrole nitrogens is 1. The molecule has 106 valence electrons. The predicted octanol–water partition coefficient (Wildman–Crippen LogP) is 1.72. The van der Waals surface area contributed by atoms with Crippen molar-refractivity contribution in [1.82, 2.24) is 25.9 Å². The van der Waals surface area contributed by atoms with Crippen molar-refractivity contribution in [3.05, 3.63) is 41.2 Å². The van der Waals surface area contributed by atoms with Crippen LogP contribution in [0.2, 0.25) is 0 Å². The van der Waals surface area contributed by atoms with Crippen LogP contribution in [0.3, 0.4) is 0 Å². The first kappa shape index (κ1) is 14.2. The third-order valence-electron chi connectivity index (χ3n) is 2.78. The second-order valence-corrected chi connectivity index (χ2v) is 5.91. The van der Waals surface area contributed by atoms with Crippen molar-refractivity contribution in [2.75, 3.05) is 0 Å². The van der Waals surface area contributed by atoms with Crippen molar-refractivity contribution in [3.8, 4) is 0 Å². The maximum atomic E-state index is 12.2. The van der Waals surface area contributed by atoms with Crippen LogP contribution in [-0.4, -0.2) is 26.5 Å². The number of aromatic amines is 1. The van der Waals surface area contributed by atoms with Crippen LogP contribution in [0.25, 0.3) is 0 Å². The van der Waals surface area contributed by atoms with E-state index >= 15 is 0 Å². The molecule has 20 heavy (non-hydrogen) atoms. The van der Waals surface area contributed by atoms with Crippen molar-refractivity contribution < 1.29 is 4.79 Å². The number of carbonyl (C=O) groups excluding carboxylic acids is 1. The maximum absolute atomic E-state index is 12.2. The molecule has 0 bridgehead atoms. The van der Waals surface area contributed by atoms with Gasteiger partial charge < -0.3 is 5.32 Å². The Labute approximate surface area is 118 Å². The minimum absolute atomic E-state index is 0.116. The van der Waals surface area contributed by atoms with E-state index in [1.54, 1.807) is 0 Å². The summed E-state index contributed by atoms with van der Waals surface area (Å²) in [7, 11) is 0. The molecule has 0 saturated heterocycles. The molecule has 0 spiro atoms. The normalized spacial score (nSPS) is 11.3. The first-order chi connectivity index (χ1) is 9.46. The summed E-state index contributed by atoms with van der Waals surface area (Å²) in [5.41, 5.74) is 1.88. The average Bonchev–Trinajstić information content (AvgIpc) is 2.88. The Bertz CT molecular complexity index is 572. The standard InChI is InChI=1S/C14H19N5O/c1-14(2,3)8-10-6-4-5-7-11(10)13(20)15-9-12-16-18-19-17-12/h4-7H,8-9H2,1-3H3,(H,15,20)(H,16,17,18,19). The molecule has 0 radical (unpaired) electrons. The average molecular weight is 273 g/mol. The Balaban J connectivity index is 2.09. The second-order valence-electron chi connectivity index (χ2n) is 5.91. The van der Waals surface area contributed by atoms with Gasteiger partial charge in [0.25, 0.3) is 5.91 Å². The molecule has 0 aliphatic rings. The number of nitrogens with one attached hydrogen (secondary N) is 2. The molecule has 1 aromatic heterocycles. The molecule has 0 fully saturated rings. The topological polar surface area (TPSA) is 83.6 Å². The van der Waals surface area contributed by atoms with Crippen LogP contribution in [0, 0.1) is 5.41 Å². The van der Waals surface area contributed by atoms with Crippen LogP contribution in [0.1, 0.15) is 42.5 Å². The number of hydrogen-bond acceptors (Lipinski definition) is 4. The SMILES string of the molecule is CC(C)(C)Cc1ccccc1C(=O)NCc1nn[nH]n1. The summed E-state index contributed by atoms with van der Waals surface area (Å²) in [6.07, 6.45) is 0.846. The van der Waals surface area contributed by atoms with Gasteiger partial charge in [0, 0.05) is 5.56 Å². The number of rotatable bonds is 4. The molecule has 0 aliphatic carbocycles. The quantitative estimate of drug-likeness (QED) is 0.888. The first-order valence-corrected chi connectivity index (χ1v) is 6.54. The van der Waals surface area contributed by atoms with Gasteiger partial charge in [-0.25, -0.2) is 0 Å². The summed E-state index contributed by atoms with van der Waals surface area (Å²) in [6, 6.07) is 7.66. The van der Waals surface area contributed by atoms with E-state index in [-0.39, 0.29) is 17.9 Å². The molecule has 0 saturated carbocycles. The number of hydrogen-bond donors (Lipinski definition) is 2. The summed E-state index contributed by atoms with van der Waals surface area (Å²) in [4.78, 5) is 12.2. The predicted molar refractivity (Wildman–Crippen MR) is 74.9 cm³/mol. The molecule has 2 rings (SSSR count). The highest BCUT2D eigenvalue weighted by Gasteiger charge is 2.17. The lowest BCUT2D eigenvalue weighted by molar-refractivity contribution is 0.0948. The monoisotopic (exact) mass is 273 g/mol. The molecular weight excluding hydrogens is 254 g/mol. The number of benzene rings is 1. The lowest BCUT2D eigenvalue weighted by atomic mass is 9.86. The molecule has 1 amide bonds. The summed E-state index contributed by atoms with van der Waals surface area (Å²) in [5.74, 6) is 0.348. The summed E-state index contributed by atoms with van der Waals surface area (Å²) < 4.78 is 0. The lowest BCUT2D eigenvalue weighted by Gasteiger charge is -2.20. The minimum atomic E-state index is -0.116. The minimum Gasteiger partial charge on any atom is -0.345 e. The Morgan fingerprint density at radius 3 is 2.70 bits per heavy atom. The number of carbonyl (C=O) groups is 1. The largest absolute Gasteiger partial charge is 0.345 e. The third-order valence-corrected chi connectivity index (χ3v) is 2.78. The van der Waals surface area contributed by atoms with Crippen LogP contribution in [-0.2, 0) is 13.0 Å².